The van der Waals surface area contributed by atoms with Gasteiger partial charge < -0.3 is 16.4 Å². The van der Waals surface area contributed by atoms with E-state index in [0.29, 0.717) is 18.9 Å². The number of carbonyl (C=O) groups excluding carboxylic acids is 1. The molecule has 19 heavy (non-hydrogen) atoms. The van der Waals surface area contributed by atoms with E-state index in [-0.39, 0.29) is 23.3 Å². The van der Waals surface area contributed by atoms with Gasteiger partial charge >= 0.3 is 0 Å². The number of anilines is 2. The van der Waals surface area contributed by atoms with Gasteiger partial charge in [-0.1, -0.05) is 0 Å². The van der Waals surface area contributed by atoms with Gasteiger partial charge in [0.1, 0.15) is 11.6 Å². The van der Waals surface area contributed by atoms with Crippen LogP contribution in [0, 0.1) is 16.0 Å². The lowest BCUT2D eigenvalue weighted by Crippen LogP contribution is -2.41. The van der Waals surface area contributed by atoms with Gasteiger partial charge in [-0.2, -0.15) is 0 Å². The molecule has 1 aromatic heterocycles. The first-order valence-electron chi connectivity index (χ1n) is 5.93. The summed E-state index contributed by atoms with van der Waals surface area (Å²) in [6.07, 6.45) is 1.52. The zero-order valence-corrected chi connectivity index (χ0v) is 10.3. The molecule has 1 unspecified atom stereocenters. The lowest BCUT2D eigenvalue weighted by atomic mass is 9.97. The predicted molar refractivity (Wildman–Crippen MR) is 69.4 cm³/mol. The van der Waals surface area contributed by atoms with Crippen molar-refractivity contribution in [3.8, 4) is 0 Å². The molecule has 0 radical (unpaired) electrons. The number of nitro groups is 1. The SMILES string of the molecule is NC(=O)C1CCCN(c2cc([N+](=O)[O-])cc(N)n2)C1. The minimum atomic E-state index is -0.517. The third-order valence-electron chi connectivity index (χ3n) is 3.17. The summed E-state index contributed by atoms with van der Waals surface area (Å²) in [5.74, 6) is -0.109. The fourth-order valence-corrected chi connectivity index (χ4v) is 2.21. The molecule has 1 amide bonds. The van der Waals surface area contributed by atoms with Gasteiger partial charge in [0.25, 0.3) is 5.69 Å². The van der Waals surface area contributed by atoms with E-state index < -0.39 is 4.92 Å². The maximum absolute atomic E-state index is 11.2. The molecule has 2 rings (SSSR count). The molecule has 0 aromatic carbocycles. The van der Waals surface area contributed by atoms with E-state index in [4.69, 9.17) is 11.5 Å². The third-order valence-corrected chi connectivity index (χ3v) is 3.17. The molecule has 0 saturated carbocycles. The summed E-state index contributed by atoms with van der Waals surface area (Å²) in [4.78, 5) is 27.4. The summed E-state index contributed by atoms with van der Waals surface area (Å²) in [5, 5.41) is 10.8. The van der Waals surface area contributed by atoms with Gasteiger partial charge in [-0.15, -0.1) is 0 Å². The molecule has 8 heteroatoms. The number of nitrogen functional groups attached to an aromatic ring is 1. The minimum Gasteiger partial charge on any atom is -0.383 e. The van der Waals surface area contributed by atoms with Crippen LogP contribution in [0.4, 0.5) is 17.3 Å². The Morgan fingerprint density at radius 1 is 1.53 bits per heavy atom. The van der Waals surface area contributed by atoms with Crippen molar-refractivity contribution in [1.82, 2.24) is 4.98 Å². The summed E-state index contributed by atoms with van der Waals surface area (Å²) in [6.45, 7) is 1.10. The van der Waals surface area contributed by atoms with Crippen molar-refractivity contribution >= 4 is 23.2 Å². The Balaban J connectivity index is 2.26. The number of pyridine rings is 1. The van der Waals surface area contributed by atoms with Gasteiger partial charge in [0, 0.05) is 13.1 Å². The lowest BCUT2D eigenvalue weighted by Gasteiger charge is -2.32. The molecule has 1 atom stereocenters. The normalized spacial score (nSPS) is 19.2. The van der Waals surface area contributed by atoms with Crippen molar-refractivity contribution < 1.29 is 9.72 Å². The second-order valence-electron chi connectivity index (χ2n) is 4.55. The molecule has 0 aliphatic carbocycles. The molecular weight excluding hydrogens is 250 g/mol. The van der Waals surface area contributed by atoms with Crippen molar-refractivity contribution in [3.05, 3.63) is 22.2 Å². The Bertz CT molecular complexity index is 519. The van der Waals surface area contributed by atoms with E-state index in [1.54, 1.807) is 0 Å². The van der Waals surface area contributed by atoms with Gasteiger partial charge in [-0.3, -0.25) is 14.9 Å². The molecule has 8 nitrogen and oxygen atoms in total. The third kappa shape index (κ3) is 2.90. The van der Waals surface area contributed by atoms with Crippen LogP contribution in [-0.4, -0.2) is 28.9 Å². The largest absolute Gasteiger partial charge is 0.383 e. The number of hydrogen-bond acceptors (Lipinski definition) is 6. The number of nitrogens with two attached hydrogens (primary N) is 2. The first-order chi connectivity index (χ1) is 8.97. The van der Waals surface area contributed by atoms with Crippen molar-refractivity contribution in [2.75, 3.05) is 23.7 Å². The quantitative estimate of drug-likeness (QED) is 0.596. The highest BCUT2D eigenvalue weighted by molar-refractivity contribution is 5.77. The second kappa shape index (κ2) is 5.09. The first-order valence-corrected chi connectivity index (χ1v) is 5.93. The topological polar surface area (TPSA) is 128 Å². The Kier molecular flexibility index (Phi) is 3.50. The van der Waals surface area contributed by atoms with E-state index in [1.807, 2.05) is 4.90 Å². The maximum atomic E-state index is 11.2. The summed E-state index contributed by atoms with van der Waals surface area (Å²) < 4.78 is 0. The van der Waals surface area contributed by atoms with Gasteiger partial charge in [0.2, 0.25) is 5.91 Å². The highest BCUT2D eigenvalue weighted by atomic mass is 16.6. The lowest BCUT2D eigenvalue weighted by molar-refractivity contribution is -0.384. The van der Waals surface area contributed by atoms with Crippen molar-refractivity contribution in [1.29, 1.82) is 0 Å². The molecule has 4 N–H and O–H groups in total. The van der Waals surface area contributed by atoms with E-state index in [2.05, 4.69) is 4.98 Å². The van der Waals surface area contributed by atoms with E-state index in [0.717, 1.165) is 12.8 Å². The Labute approximate surface area is 109 Å². The minimum absolute atomic E-state index is 0.0883. The predicted octanol–water partition coefficient (Wildman–Crippen LogP) is 0.274. The molecule has 1 aliphatic rings. The molecule has 2 heterocycles. The number of amides is 1. The van der Waals surface area contributed by atoms with Crippen LogP contribution < -0.4 is 16.4 Å². The van der Waals surface area contributed by atoms with Crippen LogP contribution in [-0.2, 0) is 4.79 Å². The fraction of sp³-hybridized carbons (Fsp3) is 0.455. The zero-order valence-electron chi connectivity index (χ0n) is 10.3. The molecule has 102 valence electrons. The summed E-state index contributed by atoms with van der Waals surface area (Å²) in [7, 11) is 0. The fourth-order valence-electron chi connectivity index (χ4n) is 2.21. The number of rotatable bonds is 3. The highest BCUT2D eigenvalue weighted by Crippen LogP contribution is 2.26. The number of hydrogen-bond donors (Lipinski definition) is 2. The molecule has 1 aromatic rings. The standard InChI is InChI=1S/C11H15N5O3/c12-9-4-8(16(18)19)5-10(14-9)15-3-1-2-7(6-15)11(13)17/h4-5,7H,1-3,6H2,(H2,12,14)(H2,13,17). The van der Waals surface area contributed by atoms with Crippen molar-refractivity contribution in [2.24, 2.45) is 11.7 Å². The van der Waals surface area contributed by atoms with E-state index in [1.165, 1.54) is 12.1 Å². The average molecular weight is 265 g/mol. The van der Waals surface area contributed by atoms with Crippen molar-refractivity contribution in [3.63, 3.8) is 0 Å². The maximum Gasteiger partial charge on any atom is 0.276 e. The highest BCUT2D eigenvalue weighted by Gasteiger charge is 2.25. The van der Waals surface area contributed by atoms with Crippen LogP contribution in [0.25, 0.3) is 0 Å². The summed E-state index contributed by atoms with van der Waals surface area (Å²) in [6, 6.07) is 2.57. The molecule has 1 saturated heterocycles. The first kappa shape index (κ1) is 13.1. The Morgan fingerprint density at radius 2 is 2.26 bits per heavy atom. The molecule has 1 fully saturated rings. The molecular formula is C11H15N5O3. The van der Waals surface area contributed by atoms with Gasteiger partial charge in [-0.25, -0.2) is 4.98 Å². The number of primary amides is 1. The second-order valence-corrected chi connectivity index (χ2v) is 4.55. The average Bonchev–Trinajstić information content (AvgIpc) is 2.38. The monoisotopic (exact) mass is 265 g/mol. The molecule has 0 bridgehead atoms. The van der Waals surface area contributed by atoms with Gasteiger partial charge in [0.15, 0.2) is 0 Å². The van der Waals surface area contributed by atoms with Gasteiger partial charge in [0.05, 0.1) is 23.0 Å². The van der Waals surface area contributed by atoms with Crippen molar-refractivity contribution in [2.45, 2.75) is 12.8 Å². The summed E-state index contributed by atoms with van der Waals surface area (Å²) >= 11 is 0. The van der Waals surface area contributed by atoms with Crippen LogP contribution >= 0.6 is 0 Å². The molecule has 1 aliphatic heterocycles. The van der Waals surface area contributed by atoms with Crippen LogP contribution in [0.3, 0.4) is 0 Å². The smallest absolute Gasteiger partial charge is 0.276 e. The zero-order chi connectivity index (χ0) is 14.0. The Hall–Kier alpha value is -2.38. The van der Waals surface area contributed by atoms with Gasteiger partial charge in [-0.05, 0) is 12.8 Å². The number of aromatic nitrogens is 1. The number of piperidine rings is 1. The van der Waals surface area contributed by atoms with E-state index >= 15 is 0 Å². The number of carbonyl (C=O) groups is 1. The van der Waals surface area contributed by atoms with Crippen LogP contribution in [0.1, 0.15) is 12.8 Å². The van der Waals surface area contributed by atoms with Crippen LogP contribution in [0.5, 0.6) is 0 Å². The summed E-state index contributed by atoms with van der Waals surface area (Å²) in [5.41, 5.74) is 10.8. The number of nitrogens with zero attached hydrogens (tertiary/aromatic N) is 3. The Morgan fingerprint density at radius 3 is 2.89 bits per heavy atom. The van der Waals surface area contributed by atoms with E-state index in [9.17, 15) is 14.9 Å². The van der Waals surface area contributed by atoms with Crippen LogP contribution in [0.2, 0.25) is 0 Å². The van der Waals surface area contributed by atoms with Crippen LogP contribution in [0.15, 0.2) is 12.1 Å². The molecule has 0 spiro atoms.